The number of nitrogens with zero attached hydrogens (tertiary/aromatic N) is 4. The maximum Gasteiger partial charge on any atom is 0.313 e. The van der Waals surface area contributed by atoms with Crippen molar-refractivity contribution in [3.05, 3.63) is 36.3 Å². The predicted octanol–water partition coefficient (Wildman–Crippen LogP) is 5.73. The van der Waals surface area contributed by atoms with Gasteiger partial charge in [-0.2, -0.15) is 0 Å². The number of esters is 1. The summed E-state index contributed by atoms with van der Waals surface area (Å²) in [6, 6.07) is 8.05. The normalized spacial score (nSPS) is 12.1. The molecule has 0 aliphatic heterocycles. The largest absolute Gasteiger partial charge is 0.424 e. The lowest BCUT2D eigenvalue weighted by molar-refractivity contribution is -0.137. The van der Waals surface area contributed by atoms with Crippen LogP contribution in [-0.2, 0) is 16.1 Å². The van der Waals surface area contributed by atoms with Crippen LogP contribution in [0.3, 0.4) is 0 Å². The van der Waals surface area contributed by atoms with Crippen LogP contribution in [0.5, 0.6) is 5.75 Å². The van der Waals surface area contributed by atoms with Crippen LogP contribution in [0.1, 0.15) is 65.6 Å². The maximum atomic E-state index is 12.5. The minimum atomic E-state index is -0.265. The maximum absolute atomic E-state index is 12.5. The monoisotopic (exact) mass is 450 g/mol. The van der Waals surface area contributed by atoms with E-state index < -0.39 is 0 Å². The van der Waals surface area contributed by atoms with E-state index in [1.807, 2.05) is 38.2 Å². The summed E-state index contributed by atoms with van der Waals surface area (Å²) >= 11 is 0. The van der Waals surface area contributed by atoms with Crippen LogP contribution >= 0.6 is 0 Å². The van der Waals surface area contributed by atoms with Gasteiger partial charge in [0.1, 0.15) is 16.9 Å². The molecule has 0 fully saturated rings. The third kappa shape index (κ3) is 4.60. The molecule has 3 heterocycles. The number of ether oxygens (including phenoxy) is 2. The van der Waals surface area contributed by atoms with Crippen LogP contribution in [0, 0.1) is 5.92 Å². The van der Waals surface area contributed by atoms with Crippen molar-refractivity contribution in [3.8, 4) is 5.75 Å². The third-order valence-electron chi connectivity index (χ3n) is 5.78. The number of carbonyl (C=O) groups excluding carboxylic acids is 1. The first kappa shape index (κ1) is 23.2. The molecule has 7 nitrogen and oxygen atoms in total. The first-order valence-electron chi connectivity index (χ1n) is 12.0. The predicted molar refractivity (Wildman–Crippen MR) is 131 cm³/mol. The SMILES string of the molecule is CCCCOCCCn1cc(OC(=O)C(C)C)c2c1nc(C(C)C)n1c3ccccc3nc21. The summed E-state index contributed by atoms with van der Waals surface area (Å²) in [6.07, 6.45) is 4.95. The molecule has 3 aromatic heterocycles. The summed E-state index contributed by atoms with van der Waals surface area (Å²) in [5.41, 5.74) is 3.46. The standard InChI is InChI=1S/C26H34N4O3/c1-6-7-14-32-15-10-13-29-16-21(33-26(31)18(4)5)22-24(29)28-23(17(2)3)30-20-12-9-8-11-19(20)27-25(22)30/h8-9,11-12,16-18H,6-7,10,13-15H2,1-5H3. The van der Waals surface area contributed by atoms with Crippen LogP contribution < -0.4 is 4.74 Å². The highest BCUT2D eigenvalue weighted by atomic mass is 16.5. The second-order valence-electron chi connectivity index (χ2n) is 9.16. The fourth-order valence-corrected chi connectivity index (χ4v) is 3.98. The smallest absolute Gasteiger partial charge is 0.313 e. The average Bonchev–Trinajstić information content (AvgIpc) is 3.33. The van der Waals surface area contributed by atoms with Gasteiger partial charge in [0.25, 0.3) is 0 Å². The number of hydrogen-bond donors (Lipinski definition) is 0. The van der Waals surface area contributed by atoms with Gasteiger partial charge >= 0.3 is 5.97 Å². The fraction of sp³-hybridized carbons (Fsp3) is 0.500. The number of aryl methyl sites for hydroxylation is 1. The lowest BCUT2D eigenvalue weighted by Gasteiger charge is -2.12. The Balaban J connectivity index is 1.85. The summed E-state index contributed by atoms with van der Waals surface area (Å²) < 4.78 is 15.8. The molecule has 0 unspecified atom stereocenters. The van der Waals surface area contributed by atoms with Gasteiger partial charge in [0, 0.05) is 31.9 Å². The second-order valence-corrected chi connectivity index (χ2v) is 9.16. The Bertz CT molecular complexity index is 1270. The van der Waals surface area contributed by atoms with Crippen LogP contribution in [-0.4, -0.2) is 38.1 Å². The van der Waals surface area contributed by atoms with Crippen molar-refractivity contribution in [2.24, 2.45) is 5.92 Å². The Morgan fingerprint density at radius 3 is 2.52 bits per heavy atom. The van der Waals surface area contributed by atoms with Crippen LogP contribution in [0.2, 0.25) is 0 Å². The number of rotatable bonds is 10. The molecule has 4 aromatic rings. The van der Waals surface area contributed by atoms with E-state index in [0.717, 1.165) is 66.0 Å². The highest BCUT2D eigenvalue weighted by Crippen LogP contribution is 2.35. The molecule has 0 atom stereocenters. The van der Waals surface area contributed by atoms with Gasteiger partial charge in [0.2, 0.25) is 0 Å². The molecule has 0 amide bonds. The molecule has 176 valence electrons. The number of unbranched alkanes of at least 4 members (excludes halogenated alkanes) is 1. The molecule has 0 spiro atoms. The Morgan fingerprint density at radius 1 is 1.03 bits per heavy atom. The molecule has 7 heteroatoms. The minimum Gasteiger partial charge on any atom is -0.424 e. The zero-order valence-corrected chi connectivity index (χ0v) is 20.3. The van der Waals surface area contributed by atoms with Crippen molar-refractivity contribution in [2.75, 3.05) is 13.2 Å². The van der Waals surface area contributed by atoms with Crippen LogP contribution in [0.4, 0.5) is 0 Å². The van der Waals surface area contributed by atoms with E-state index in [-0.39, 0.29) is 17.8 Å². The highest BCUT2D eigenvalue weighted by molar-refractivity contribution is 6.01. The zero-order valence-electron chi connectivity index (χ0n) is 20.3. The molecular weight excluding hydrogens is 416 g/mol. The fourth-order valence-electron chi connectivity index (χ4n) is 3.98. The molecule has 0 bridgehead atoms. The zero-order chi connectivity index (χ0) is 23.5. The molecule has 33 heavy (non-hydrogen) atoms. The number of hydrogen-bond acceptors (Lipinski definition) is 5. The van der Waals surface area contributed by atoms with Gasteiger partial charge < -0.3 is 14.0 Å². The van der Waals surface area contributed by atoms with Crippen molar-refractivity contribution >= 4 is 33.7 Å². The molecule has 4 rings (SSSR count). The van der Waals surface area contributed by atoms with Crippen molar-refractivity contribution < 1.29 is 14.3 Å². The van der Waals surface area contributed by atoms with Crippen molar-refractivity contribution in [1.82, 2.24) is 18.9 Å². The van der Waals surface area contributed by atoms with Gasteiger partial charge in [-0.3, -0.25) is 9.20 Å². The number of benzene rings is 1. The molecule has 0 saturated heterocycles. The van der Waals surface area contributed by atoms with Gasteiger partial charge in [0.15, 0.2) is 11.4 Å². The summed E-state index contributed by atoms with van der Waals surface area (Å²) in [5.74, 6) is 1.15. The summed E-state index contributed by atoms with van der Waals surface area (Å²) in [6.45, 7) is 12.3. The van der Waals surface area contributed by atoms with Crippen molar-refractivity contribution in [1.29, 1.82) is 0 Å². The number of fused-ring (bicyclic) bond motifs is 5. The van der Waals surface area contributed by atoms with Crippen LogP contribution in [0.25, 0.3) is 27.7 Å². The van der Waals surface area contributed by atoms with Gasteiger partial charge in [-0.05, 0) is 25.0 Å². The number of imidazole rings is 1. The lowest BCUT2D eigenvalue weighted by Crippen LogP contribution is -2.14. The van der Waals surface area contributed by atoms with E-state index in [1.165, 1.54) is 0 Å². The first-order valence-corrected chi connectivity index (χ1v) is 12.0. The van der Waals surface area contributed by atoms with E-state index in [9.17, 15) is 4.79 Å². The van der Waals surface area contributed by atoms with E-state index in [0.29, 0.717) is 12.4 Å². The van der Waals surface area contributed by atoms with Gasteiger partial charge in [-0.25, -0.2) is 9.97 Å². The molecular formula is C26H34N4O3. The van der Waals surface area contributed by atoms with Gasteiger partial charge in [-0.1, -0.05) is 53.2 Å². The van der Waals surface area contributed by atoms with Crippen molar-refractivity contribution in [3.63, 3.8) is 0 Å². The second kappa shape index (κ2) is 9.91. The Labute approximate surface area is 194 Å². The number of carbonyl (C=O) groups is 1. The van der Waals surface area contributed by atoms with E-state index in [1.54, 1.807) is 0 Å². The minimum absolute atomic E-state index is 0.192. The lowest BCUT2D eigenvalue weighted by atomic mass is 10.2. The molecule has 0 N–H and O–H groups in total. The number of aromatic nitrogens is 4. The van der Waals surface area contributed by atoms with Gasteiger partial charge in [0.05, 0.1) is 17.0 Å². The Morgan fingerprint density at radius 2 is 1.79 bits per heavy atom. The summed E-state index contributed by atoms with van der Waals surface area (Å²) in [5, 5.41) is 0.775. The molecule has 0 aliphatic carbocycles. The molecule has 1 aromatic carbocycles. The topological polar surface area (TPSA) is 70.7 Å². The van der Waals surface area contributed by atoms with Crippen LogP contribution in [0.15, 0.2) is 30.5 Å². The summed E-state index contributed by atoms with van der Waals surface area (Å²) in [7, 11) is 0. The Kier molecular flexibility index (Phi) is 6.98. The molecule has 0 radical (unpaired) electrons. The van der Waals surface area contributed by atoms with Crippen molar-refractivity contribution in [2.45, 2.75) is 66.3 Å². The summed E-state index contributed by atoms with van der Waals surface area (Å²) in [4.78, 5) is 22.5. The quantitative estimate of drug-likeness (QED) is 0.228. The molecule has 0 saturated carbocycles. The third-order valence-corrected chi connectivity index (χ3v) is 5.78. The average molecular weight is 451 g/mol. The molecule has 0 aliphatic rings. The highest BCUT2D eigenvalue weighted by Gasteiger charge is 2.24. The van der Waals surface area contributed by atoms with E-state index in [2.05, 4.69) is 35.8 Å². The van der Waals surface area contributed by atoms with Gasteiger partial charge in [-0.15, -0.1) is 0 Å². The number of para-hydroxylation sites is 2. The van der Waals surface area contributed by atoms with E-state index >= 15 is 0 Å². The Hall–Kier alpha value is -2.93. The van der Waals surface area contributed by atoms with E-state index in [4.69, 9.17) is 19.4 Å². The first-order chi connectivity index (χ1) is 15.9.